The number of aromatic nitrogens is 1. The molecular weight excluding hydrogens is 354 g/mol. The molecule has 1 aromatic carbocycles. The van der Waals surface area contributed by atoms with Crippen molar-refractivity contribution in [1.29, 1.82) is 0 Å². The summed E-state index contributed by atoms with van der Waals surface area (Å²) in [6.07, 6.45) is 3.52. The number of nitrogens with zero attached hydrogens (tertiary/aromatic N) is 2. The first-order valence-electron chi connectivity index (χ1n) is 9.85. The second-order valence-corrected chi connectivity index (χ2v) is 7.34. The third kappa shape index (κ3) is 5.78. The van der Waals surface area contributed by atoms with Crippen molar-refractivity contribution in [3.05, 3.63) is 59.9 Å². The summed E-state index contributed by atoms with van der Waals surface area (Å²) < 4.78 is 11.2. The monoisotopic (exact) mass is 383 g/mol. The Hall–Kier alpha value is -2.44. The molecule has 1 fully saturated rings. The highest BCUT2D eigenvalue weighted by molar-refractivity contribution is 5.94. The van der Waals surface area contributed by atoms with Crippen LogP contribution in [0.1, 0.15) is 29.8 Å². The number of ether oxygens (including phenoxy) is 2. The van der Waals surface area contributed by atoms with Crippen molar-refractivity contribution in [1.82, 2.24) is 15.2 Å². The molecule has 0 spiro atoms. The van der Waals surface area contributed by atoms with Gasteiger partial charge in [-0.2, -0.15) is 0 Å². The van der Waals surface area contributed by atoms with E-state index in [1.807, 2.05) is 24.3 Å². The van der Waals surface area contributed by atoms with Crippen LogP contribution >= 0.6 is 0 Å². The zero-order chi connectivity index (χ0) is 19.8. The molecule has 6 heteroatoms. The van der Waals surface area contributed by atoms with Gasteiger partial charge in [-0.15, -0.1) is 0 Å². The van der Waals surface area contributed by atoms with E-state index >= 15 is 0 Å². The summed E-state index contributed by atoms with van der Waals surface area (Å²) in [5.41, 5.74) is 1.64. The van der Waals surface area contributed by atoms with Crippen LogP contribution in [0.25, 0.3) is 0 Å². The van der Waals surface area contributed by atoms with Crippen molar-refractivity contribution < 1.29 is 14.3 Å². The summed E-state index contributed by atoms with van der Waals surface area (Å²) in [5, 5.41) is 3.08. The van der Waals surface area contributed by atoms with Gasteiger partial charge in [0.25, 0.3) is 5.91 Å². The summed E-state index contributed by atoms with van der Waals surface area (Å²) in [7, 11) is 0. The molecule has 2 aromatic rings. The first-order valence-corrected chi connectivity index (χ1v) is 9.85. The van der Waals surface area contributed by atoms with Crippen molar-refractivity contribution in [3.63, 3.8) is 0 Å². The predicted octanol–water partition coefficient (Wildman–Crippen LogP) is 2.75. The number of carbonyl (C=O) groups is 1. The van der Waals surface area contributed by atoms with E-state index in [1.165, 1.54) is 0 Å². The molecule has 0 aliphatic carbocycles. The van der Waals surface area contributed by atoms with Gasteiger partial charge in [-0.25, -0.2) is 0 Å². The van der Waals surface area contributed by atoms with Crippen molar-refractivity contribution in [2.45, 2.75) is 26.5 Å². The van der Waals surface area contributed by atoms with Gasteiger partial charge in [0.2, 0.25) is 0 Å². The Balaban J connectivity index is 1.50. The number of morpholine rings is 1. The molecule has 0 bridgehead atoms. The Labute approximate surface area is 166 Å². The van der Waals surface area contributed by atoms with E-state index in [4.69, 9.17) is 9.47 Å². The second-order valence-electron chi connectivity index (χ2n) is 7.34. The van der Waals surface area contributed by atoms with Gasteiger partial charge in [0.1, 0.15) is 12.4 Å². The number of pyridine rings is 1. The topological polar surface area (TPSA) is 63.7 Å². The largest absolute Gasteiger partial charge is 0.489 e. The first kappa shape index (κ1) is 20.3. The smallest absolute Gasteiger partial charge is 0.251 e. The van der Waals surface area contributed by atoms with E-state index in [9.17, 15) is 4.79 Å². The molecule has 0 radical (unpaired) electrons. The van der Waals surface area contributed by atoms with E-state index in [0.717, 1.165) is 37.6 Å². The zero-order valence-electron chi connectivity index (χ0n) is 16.6. The van der Waals surface area contributed by atoms with Crippen LogP contribution in [0.2, 0.25) is 0 Å². The maximum absolute atomic E-state index is 12.5. The van der Waals surface area contributed by atoms with E-state index in [1.54, 1.807) is 24.5 Å². The number of rotatable bonds is 8. The third-order valence-corrected chi connectivity index (χ3v) is 5.00. The van der Waals surface area contributed by atoms with Crippen LogP contribution in [0.5, 0.6) is 5.75 Å². The SMILES string of the molecule is CC(C)[C@@H](CNC(=O)c1ccc(OCc2cccnc2)cc1)N1CCOCC1. The normalized spacial score (nSPS) is 16.0. The summed E-state index contributed by atoms with van der Waals surface area (Å²) in [5.74, 6) is 1.13. The molecule has 1 amide bonds. The highest BCUT2D eigenvalue weighted by Gasteiger charge is 2.24. The zero-order valence-corrected chi connectivity index (χ0v) is 16.6. The van der Waals surface area contributed by atoms with Gasteiger partial charge >= 0.3 is 0 Å². The second kappa shape index (κ2) is 10.2. The Kier molecular flexibility index (Phi) is 7.39. The molecule has 1 aliphatic heterocycles. The van der Waals surface area contributed by atoms with Gasteiger partial charge in [-0.1, -0.05) is 19.9 Å². The quantitative estimate of drug-likeness (QED) is 0.759. The average molecular weight is 383 g/mol. The van der Waals surface area contributed by atoms with Gasteiger partial charge in [-0.05, 0) is 36.2 Å². The van der Waals surface area contributed by atoms with Crippen LogP contribution in [-0.2, 0) is 11.3 Å². The summed E-state index contributed by atoms with van der Waals surface area (Å²) in [6.45, 7) is 8.84. The van der Waals surface area contributed by atoms with E-state index in [0.29, 0.717) is 30.7 Å². The predicted molar refractivity (Wildman–Crippen MR) is 108 cm³/mol. The highest BCUT2D eigenvalue weighted by atomic mass is 16.5. The molecule has 0 saturated carbocycles. The minimum Gasteiger partial charge on any atom is -0.489 e. The molecule has 6 nitrogen and oxygen atoms in total. The van der Waals surface area contributed by atoms with Crippen LogP contribution in [0.15, 0.2) is 48.8 Å². The maximum atomic E-state index is 12.5. The molecule has 2 heterocycles. The number of hydrogen-bond donors (Lipinski definition) is 1. The van der Waals surface area contributed by atoms with Crippen LogP contribution in [0, 0.1) is 5.92 Å². The number of carbonyl (C=O) groups excluding carboxylic acids is 1. The number of amides is 1. The van der Waals surface area contributed by atoms with Crippen LogP contribution in [0.3, 0.4) is 0 Å². The summed E-state index contributed by atoms with van der Waals surface area (Å²) >= 11 is 0. The Morgan fingerprint density at radius 1 is 1.21 bits per heavy atom. The van der Waals surface area contributed by atoms with Crippen molar-refractivity contribution in [2.75, 3.05) is 32.8 Å². The molecule has 3 rings (SSSR count). The van der Waals surface area contributed by atoms with Gasteiger partial charge in [-0.3, -0.25) is 14.7 Å². The molecule has 0 unspecified atom stereocenters. The molecule has 150 valence electrons. The number of nitrogens with one attached hydrogen (secondary N) is 1. The van der Waals surface area contributed by atoms with E-state index in [-0.39, 0.29) is 5.91 Å². The van der Waals surface area contributed by atoms with Crippen molar-refractivity contribution >= 4 is 5.91 Å². The lowest BCUT2D eigenvalue weighted by Crippen LogP contribution is -2.51. The average Bonchev–Trinajstić information content (AvgIpc) is 2.74. The third-order valence-electron chi connectivity index (χ3n) is 5.00. The number of hydrogen-bond acceptors (Lipinski definition) is 5. The van der Waals surface area contributed by atoms with Gasteiger partial charge in [0.15, 0.2) is 0 Å². The fourth-order valence-corrected chi connectivity index (χ4v) is 3.35. The maximum Gasteiger partial charge on any atom is 0.251 e. The Morgan fingerprint density at radius 2 is 1.96 bits per heavy atom. The highest BCUT2D eigenvalue weighted by Crippen LogP contribution is 2.15. The Morgan fingerprint density at radius 3 is 2.61 bits per heavy atom. The van der Waals surface area contributed by atoms with Gasteiger partial charge < -0.3 is 14.8 Å². The first-order chi connectivity index (χ1) is 13.6. The van der Waals surface area contributed by atoms with Crippen LogP contribution in [0.4, 0.5) is 0 Å². The van der Waals surface area contributed by atoms with Crippen LogP contribution < -0.4 is 10.1 Å². The Bertz CT molecular complexity index is 728. The lowest BCUT2D eigenvalue weighted by Gasteiger charge is -2.36. The summed E-state index contributed by atoms with van der Waals surface area (Å²) in [6, 6.07) is 11.4. The molecule has 1 atom stereocenters. The minimum absolute atomic E-state index is 0.0577. The molecular formula is C22H29N3O3. The van der Waals surface area contributed by atoms with Crippen LogP contribution in [-0.4, -0.2) is 54.7 Å². The standard InChI is InChI=1S/C22H29N3O3/c1-17(2)21(25-10-12-27-13-11-25)15-24-22(26)19-5-7-20(8-6-19)28-16-18-4-3-9-23-14-18/h3-9,14,17,21H,10-13,15-16H2,1-2H3,(H,24,26)/t21-/m1/s1. The molecule has 1 N–H and O–H groups in total. The summed E-state index contributed by atoms with van der Waals surface area (Å²) in [4.78, 5) is 19.0. The fraction of sp³-hybridized carbons (Fsp3) is 0.455. The lowest BCUT2D eigenvalue weighted by atomic mass is 10.0. The number of benzene rings is 1. The molecule has 28 heavy (non-hydrogen) atoms. The minimum atomic E-state index is -0.0577. The van der Waals surface area contributed by atoms with E-state index < -0.39 is 0 Å². The molecule has 1 aliphatic rings. The van der Waals surface area contributed by atoms with Gasteiger partial charge in [0.05, 0.1) is 13.2 Å². The molecule has 1 aromatic heterocycles. The van der Waals surface area contributed by atoms with Crippen molar-refractivity contribution in [2.24, 2.45) is 5.92 Å². The van der Waals surface area contributed by atoms with E-state index in [2.05, 4.69) is 29.0 Å². The van der Waals surface area contributed by atoms with Gasteiger partial charge in [0, 0.05) is 49.2 Å². The lowest BCUT2D eigenvalue weighted by molar-refractivity contribution is 0.00673. The van der Waals surface area contributed by atoms with Crippen molar-refractivity contribution in [3.8, 4) is 5.75 Å². The fourth-order valence-electron chi connectivity index (χ4n) is 3.35. The molecule has 1 saturated heterocycles.